The van der Waals surface area contributed by atoms with E-state index in [0.717, 1.165) is 0 Å². The maximum atomic E-state index is 12.1. The number of urea groups is 1. The zero-order valence-electron chi connectivity index (χ0n) is 11.8. The van der Waals surface area contributed by atoms with Crippen LogP contribution in [0.3, 0.4) is 0 Å². The number of carbonyl (C=O) groups is 2. The number of carbonyl (C=O) groups excluding carboxylic acids is 1. The minimum absolute atomic E-state index is 0.0161. The van der Waals surface area contributed by atoms with Gasteiger partial charge in [0, 0.05) is 12.1 Å². The summed E-state index contributed by atoms with van der Waals surface area (Å²) in [5.74, 6) is -0.303. The standard InChI is InChI=1S/C14H24N2O3/c1-14(2,8-12(17)18)16-9-11(15-13(16)19)10-6-4-3-5-7-10/h10-11H,3-9H2,1-2H3,(H,15,19)(H,17,18). The number of carboxylic acids is 1. The van der Waals surface area contributed by atoms with Gasteiger partial charge in [-0.15, -0.1) is 0 Å². The van der Waals surface area contributed by atoms with Crippen LogP contribution >= 0.6 is 0 Å². The van der Waals surface area contributed by atoms with Gasteiger partial charge in [0.2, 0.25) is 0 Å². The summed E-state index contributed by atoms with van der Waals surface area (Å²) in [6.45, 7) is 4.29. The van der Waals surface area contributed by atoms with Crippen LogP contribution in [-0.2, 0) is 4.79 Å². The summed E-state index contributed by atoms with van der Waals surface area (Å²) >= 11 is 0. The van der Waals surface area contributed by atoms with E-state index >= 15 is 0 Å². The molecule has 1 atom stereocenters. The maximum absolute atomic E-state index is 12.1. The highest BCUT2D eigenvalue weighted by atomic mass is 16.4. The molecular formula is C14H24N2O3. The van der Waals surface area contributed by atoms with E-state index in [1.165, 1.54) is 32.1 Å². The predicted molar refractivity (Wildman–Crippen MR) is 71.9 cm³/mol. The molecule has 0 bridgehead atoms. The smallest absolute Gasteiger partial charge is 0.318 e. The summed E-state index contributed by atoms with van der Waals surface area (Å²) in [6.07, 6.45) is 6.13. The van der Waals surface area contributed by atoms with Crippen LogP contribution in [0.5, 0.6) is 0 Å². The van der Waals surface area contributed by atoms with Crippen molar-refractivity contribution >= 4 is 12.0 Å². The molecule has 0 spiro atoms. The zero-order chi connectivity index (χ0) is 14.0. The van der Waals surface area contributed by atoms with Crippen LogP contribution in [-0.4, -0.2) is 40.1 Å². The van der Waals surface area contributed by atoms with Crippen molar-refractivity contribution in [2.45, 2.75) is 64.0 Å². The molecule has 5 heteroatoms. The minimum Gasteiger partial charge on any atom is -0.481 e. The quantitative estimate of drug-likeness (QED) is 0.821. The first-order valence-corrected chi connectivity index (χ1v) is 7.20. The fraction of sp³-hybridized carbons (Fsp3) is 0.857. The number of carboxylic acid groups (broad SMARTS) is 1. The molecule has 0 aromatic carbocycles. The van der Waals surface area contributed by atoms with Crippen molar-refractivity contribution in [1.29, 1.82) is 0 Å². The largest absolute Gasteiger partial charge is 0.481 e. The van der Waals surface area contributed by atoms with E-state index in [-0.39, 0.29) is 18.5 Å². The summed E-state index contributed by atoms with van der Waals surface area (Å²) in [4.78, 5) is 24.7. The second kappa shape index (κ2) is 5.39. The molecule has 1 unspecified atom stereocenters. The van der Waals surface area contributed by atoms with Crippen LogP contribution in [0.15, 0.2) is 0 Å². The molecule has 1 heterocycles. The van der Waals surface area contributed by atoms with Gasteiger partial charge in [-0.25, -0.2) is 4.79 Å². The lowest BCUT2D eigenvalue weighted by Gasteiger charge is -2.34. The van der Waals surface area contributed by atoms with Crippen LogP contribution < -0.4 is 5.32 Å². The summed E-state index contributed by atoms with van der Waals surface area (Å²) in [5.41, 5.74) is -0.626. The van der Waals surface area contributed by atoms with Crippen molar-refractivity contribution in [2.75, 3.05) is 6.54 Å². The Morgan fingerprint density at radius 2 is 2.00 bits per heavy atom. The van der Waals surface area contributed by atoms with Gasteiger partial charge in [0.05, 0.1) is 12.5 Å². The lowest BCUT2D eigenvalue weighted by atomic mass is 9.84. The number of aliphatic carboxylic acids is 1. The topological polar surface area (TPSA) is 69.6 Å². The Kier molecular flexibility index (Phi) is 4.02. The molecule has 2 fully saturated rings. The lowest BCUT2D eigenvalue weighted by Crippen LogP contribution is -2.47. The summed E-state index contributed by atoms with van der Waals surface area (Å²) in [5, 5.41) is 12.0. The van der Waals surface area contributed by atoms with Crippen LogP contribution in [0.4, 0.5) is 4.79 Å². The van der Waals surface area contributed by atoms with Gasteiger partial charge in [0.1, 0.15) is 0 Å². The molecule has 5 nitrogen and oxygen atoms in total. The lowest BCUT2D eigenvalue weighted by molar-refractivity contribution is -0.139. The fourth-order valence-corrected chi connectivity index (χ4v) is 3.35. The Bertz CT molecular complexity index is 362. The number of hydrogen-bond acceptors (Lipinski definition) is 2. The molecule has 2 aliphatic rings. The molecule has 2 amide bonds. The summed E-state index contributed by atoms with van der Waals surface area (Å²) < 4.78 is 0. The van der Waals surface area contributed by atoms with E-state index in [9.17, 15) is 9.59 Å². The maximum Gasteiger partial charge on any atom is 0.318 e. The Labute approximate surface area is 114 Å². The van der Waals surface area contributed by atoms with Gasteiger partial charge >= 0.3 is 12.0 Å². The molecule has 2 rings (SSSR count). The molecule has 0 aromatic rings. The number of rotatable bonds is 4. The average Bonchev–Trinajstić information content (AvgIpc) is 2.72. The van der Waals surface area contributed by atoms with E-state index in [2.05, 4.69) is 5.32 Å². The van der Waals surface area contributed by atoms with Gasteiger partial charge in [-0.1, -0.05) is 19.3 Å². The predicted octanol–water partition coefficient (Wildman–Crippen LogP) is 2.21. The molecular weight excluding hydrogens is 244 g/mol. The SMILES string of the molecule is CC(C)(CC(=O)O)N1CC(C2CCCCC2)NC1=O. The fourth-order valence-electron chi connectivity index (χ4n) is 3.35. The first kappa shape index (κ1) is 14.2. The molecule has 0 aromatic heterocycles. The molecule has 0 radical (unpaired) electrons. The molecule has 2 N–H and O–H groups in total. The van der Waals surface area contributed by atoms with E-state index in [1.54, 1.807) is 4.90 Å². The highest BCUT2D eigenvalue weighted by Gasteiger charge is 2.42. The van der Waals surface area contributed by atoms with Crippen molar-refractivity contribution in [1.82, 2.24) is 10.2 Å². The molecule has 1 aliphatic carbocycles. The molecule has 1 saturated carbocycles. The number of nitrogens with zero attached hydrogens (tertiary/aromatic N) is 1. The van der Waals surface area contributed by atoms with E-state index in [0.29, 0.717) is 12.5 Å². The Balaban J connectivity index is 2.00. The summed E-state index contributed by atoms with van der Waals surface area (Å²) in [6, 6.07) is 0.0858. The van der Waals surface area contributed by atoms with Gasteiger partial charge in [-0.3, -0.25) is 4.79 Å². The third-order valence-electron chi connectivity index (χ3n) is 4.47. The highest BCUT2D eigenvalue weighted by Crippen LogP contribution is 2.31. The third-order valence-corrected chi connectivity index (χ3v) is 4.47. The number of hydrogen-bond donors (Lipinski definition) is 2. The normalized spacial score (nSPS) is 25.5. The Morgan fingerprint density at radius 3 is 2.58 bits per heavy atom. The van der Waals surface area contributed by atoms with Crippen LogP contribution in [0.1, 0.15) is 52.4 Å². The Hall–Kier alpha value is -1.26. The summed E-state index contributed by atoms with van der Waals surface area (Å²) in [7, 11) is 0. The van der Waals surface area contributed by atoms with Crippen molar-refractivity contribution in [3.8, 4) is 0 Å². The molecule has 108 valence electrons. The number of nitrogens with one attached hydrogen (secondary N) is 1. The minimum atomic E-state index is -0.862. The van der Waals surface area contributed by atoms with Crippen molar-refractivity contribution in [2.24, 2.45) is 5.92 Å². The Morgan fingerprint density at radius 1 is 1.37 bits per heavy atom. The highest BCUT2D eigenvalue weighted by molar-refractivity contribution is 5.79. The van der Waals surface area contributed by atoms with Crippen molar-refractivity contribution in [3.05, 3.63) is 0 Å². The van der Waals surface area contributed by atoms with E-state index in [4.69, 9.17) is 5.11 Å². The molecule has 1 saturated heterocycles. The van der Waals surface area contributed by atoms with Crippen LogP contribution in [0.2, 0.25) is 0 Å². The van der Waals surface area contributed by atoms with Gasteiger partial charge in [0.15, 0.2) is 0 Å². The van der Waals surface area contributed by atoms with Gasteiger partial charge < -0.3 is 15.3 Å². The first-order chi connectivity index (χ1) is 8.90. The monoisotopic (exact) mass is 268 g/mol. The molecule has 1 aliphatic heterocycles. The van der Waals surface area contributed by atoms with Crippen LogP contribution in [0, 0.1) is 5.92 Å². The van der Waals surface area contributed by atoms with Gasteiger partial charge in [-0.05, 0) is 32.6 Å². The zero-order valence-corrected chi connectivity index (χ0v) is 11.8. The van der Waals surface area contributed by atoms with Crippen molar-refractivity contribution < 1.29 is 14.7 Å². The second-order valence-corrected chi connectivity index (χ2v) is 6.45. The van der Waals surface area contributed by atoms with E-state index in [1.807, 2.05) is 13.8 Å². The first-order valence-electron chi connectivity index (χ1n) is 7.20. The van der Waals surface area contributed by atoms with Gasteiger partial charge in [-0.2, -0.15) is 0 Å². The van der Waals surface area contributed by atoms with Crippen molar-refractivity contribution in [3.63, 3.8) is 0 Å². The third kappa shape index (κ3) is 3.19. The molecule has 19 heavy (non-hydrogen) atoms. The van der Waals surface area contributed by atoms with Crippen LogP contribution in [0.25, 0.3) is 0 Å². The van der Waals surface area contributed by atoms with Gasteiger partial charge in [0.25, 0.3) is 0 Å². The second-order valence-electron chi connectivity index (χ2n) is 6.45. The average molecular weight is 268 g/mol. The number of amides is 2. The van der Waals surface area contributed by atoms with E-state index < -0.39 is 11.5 Å².